The van der Waals surface area contributed by atoms with E-state index in [1.165, 1.54) is 6.92 Å². The third kappa shape index (κ3) is 6.47. The molecule has 0 spiro atoms. The largest absolute Gasteiger partial charge is 0.491 e. The zero-order valence-electron chi connectivity index (χ0n) is 15.3. The molecule has 0 unspecified atom stereocenters. The summed E-state index contributed by atoms with van der Waals surface area (Å²) in [6.07, 6.45) is 0. The second-order valence-electron chi connectivity index (χ2n) is 6.36. The number of para-hydroxylation sites is 2. The van der Waals surface area contributed by atoms with Crippen molar-refractivity contribution in [1.82, 2.24) is 0 Å². The van der Waals surface area contributed by atoms with Gasteiger partial charge < -0.3 is 20.7 Å². The predicted molar refractivity (Wildman–Crippen MR) is 105 cm³/mol. The lowest BCUT2D eigenvalue weighted by molar-refractivity contribution is -0.115. The van der Waals surface area contributed by atoms with Gasteiger partial charge in [0.05, 0.1) is 18.8 Å². The molecule has 6 nitrogen and oxygen atoms in total. The SMILES string of the molecule is CC(=O)Nc1ccc(NCC(=O)Nc2ccccc2OCC(C)C)cc1. The molecule has 0 aliphatic carbocycles. The minimum absolute atomic E-state index is 0.122. The van der Waals surface area contributed by atoms with E-state index in [4.69, 9.17) is 4.74 Å². The average Bonchev–Trinajstić information content (AvgIpc) is 2.60. The van der Waals surface area contributed by atoms with E-state index in [9.17, 15) is 9.59 Å². The quantitative estimate of drug-likeness (QED) is 0.674. The lowest BCUT2D eigenvalue weighted by Gasteiger charge is -2.14. The number of anilines is 3. The van der Waals surface area contributed by atoms with Crippen molar-refractivity contribution in [2.75, 3.05) is 29.1 Å². The monoisotopic (exact) mass is 355 g/mol. The van der Waals surface area contributed by atoms with Crippen molar-refractivity contribution in [2.24, 2.45) is 5.92 Å². The van der Waals surface area contributed by atoms with E-state index in [0.29, 0.717) is 29.6 Å². The van der Waals surface area contributed by atoms with Crippen LogP contribution in [0.3, 0.4) is 0 Å². The molecule has 6 heteroatoms. The first-order chi connectivity index (χ1) is 12.4. The van der Waals surface area contributed by atoms with E-state index < -0.39 is 0 Å². The second-order valence-corrected chi connectivity index (χ2v) is 6.36. The maximum absolute atomic E-state index is 12.2. The van der Waals surface area contributed by atoms with Crippen LogP contribution in [0.2, 0.25) is 0 Å². The van der Waals surface area contributed by atoms with E-state index in [1.54, 1.807) is 24.3 Å². The lowest BCUT2D eigenvalue weighted by Crippen LogP contribution is -2.22. The molecule has 0 radical (unpaired) electrons. The minimum atomic E-state index is -0.170. The average molecular weight is 355 g/mol. The Morgan fingerprint density at radius 1 is 0.962 bits per heavy atom. The van der Waals surface area contributed by atoms with Gasteiger partial charge in [0.25, 0.3) is 0 Å². The molecule has 26 heavy (non-hydrogen) atoms. The van der Waals surface area contributed by atoms with Gasteiger partial charge in [-0.1, -0.05) is 26.0 Å². The second kappa shape index (κ2) is 9.46. The number of nitrogens with one attached hydrogen (secondary N) is 3. The Bertz CT molecular complexity index is 742. The molecule has 2 aromatic rings. The number of amides is 2. The smallest absolute Gasteiger partial charge is 0.243 e. The molecule has 0 atom stereocenters. The van der Waals surface area contributed by atoms with Gasteiger partial charge in [0, 0.05) is 18.3 Å². The molecule has 2 amide bonds. The summed E-state index contributed by atoms with van der Waals surface area (Å²) in [6, 6.07) is 14.5. The topological polar surface area (TPSA) is 79.5 Å². The number of carbonyl (C=O) groups is 2. The summed E-state index contributed by atoms with van der Waals surface area (Å²) >= 11 is 0. The molecule has 2 aromatic carbocycles. The van der Waals surface area contributed by atoms with Crippen LogP contribution in [0, 0.1) is 5.92 Å². The summed E-state index contributed by atoms with van der Waals surface area (Å²) < 4.78 is 5.74. The summed E-state index contributed by atoms with van der Waals surface area (Å²) in [4.78, 5) is 23.2. The van der Waals surface area contributed by atoms with E-state index in [0.717, 1.165) is 5.69 Å². The van der Waals surface area contributed by atoms with Crippen LogP contribution >= 0.6 is 0 Å². The van der Waals surface area contributed by atoms with Crippen LogP contribution in [0.1, 0.15) is 20.8 Å². The first kappa shape index (κ1) is 19.3. The Morgan fingerprint density at radius 3 is 2.27 bits per heavy atom. The molecule has 0 fully saturated rings. The lowest BCUT2D eigenvalue weighted by atomic mass is 10.2. The number of ether oxygens (including phenoxy) is 1. The summed E-state index contributed by atoms with van der Waals surface area (Å²) in [7, 11) is 0. The van der Waals surface area contributed by atoms with Gasteiger partial charge in [0.2, 0.25) is 11.8 Å². The molecule has 0 saturated carbocycles. The van der Waals surface area contributed by atoms with E-state index in [1.807, 2.05) is 24.3 Å². The van der Waals surface area contributed by atoms with Gasteiger partial charge in [-0.2, -0.15) is 0 Å². The maximum Gasteiger partial charge on any atom is 0.243 e. The third-order valence-electron chi connectivity index (χ3n) is 3.39. The summed E-state index contributed by atoms with van der Waals surface area (Å²) in [5.41, 5.74) is 2.16. The molecule has 0 aliphatic rings. The van der Waals surface area contributed by atoms with Gasteiger partial charge in [-0.25, -0.2) is 0 Å². The van der Waals surface area contributed by atoms with Crippen LogP contribution in [0.25, 0.3) is 0 Å². The van der Waals surface area contributed by atoms with Crippen molar-refractivity contribution in [1.29, 1.82) is 0 Å². The van der Waals surface area contributed by atoms with E-state index in [-0.39, 0.29) is 18.4 Å². The Hall–Kier alpha value is -3.02. The number of hydrogen-bond donors (Lipinski definition) is 3. The Kier molecular flexibility index (Phi) is 7.02. The van der Waals surface area contributed by atoms with Crippen LogP contribution in [0.4, 0.5) is 17.1 Å². The molecule has 0 saturated heterocycles. The predicted octanol–water partition coefficient (Wildman–Crippen LogP) is 3.73. The van der Waals surface area contributed by atoms with Gasteiger partial charge in [-0.3, -0.25) is 9.59 Å². The Labute approximate surface area is 153 Å². The summed E-state index contributed by atoms with van der Waals surface area (Å²) in [5.74, 6) is 0.773. The highest BCUT2D eigenvalue weighted by molar-refractivity contribution is 5.95. The highest BCUT2D eigenvalue weighted by Gasteiger charge is 2.08. The number of carbonyl (C=O) groups excluding carboxylic acids is 2. The zero-order chi connectivity index (χ0) is 18.9. The number of benzene rings is 2. The molecule has 0 aromatic heterocycles. The summed E-state index contributed by atoms with van der Waals surface area (Å²) in [5, 5.41) is 8.60. The molecular formula is C20H25N3O3. The summed E-state index contributed by atoms with van der Waals surface area (Å²) in [6.45, 7) is 6.31. The van der Waals surface area contributed by atoms with Crippen LogP contribution in [0.15, 0.2) is 48.5 Å². The fraction of sp³-hybridized carbons (Fsp3) is 0.300. The maximum atomic E-state index is 12.2. The molecule has 2 rings (SSSR count). The van der Waals surface area contributed by atoms with Gasteiger partial charge in [-0.05, 0) is 42.3 Å². The van der Waals surface area contributed by atoms with Gasteiger partial charge in [0.1, 0.15) is 5.75 Å². The highest BCUT2D eigenvalue weighted by Crippen LogP contribution is 2.24. The molecule has 0 heterocycles. The first-order valence-electron chi connectivity index (χ1n) is 8.57. The van der Waals surface area contributed by atoms with Gasteiger partial charge in [-0.15, -0.1) is 0 Å². The molecular weight excluding hydrogens is 330 g/mol. The Balaban J connectivity index is 1.88. The normalized spacial score (nSPS) is 10.3. The Morgan fingerprint density at radius 2 is 1.62 bits per heavy atom. The third-order valence-corrected chi connectivity index (χ3v) is 3.39. The van der Waals surface area contributed by atoms with E-state index in [2.05, 4.69) is 29.8 Å². The fourth-order valence-electron chi connectivity index (χ4n) is 2.20. The number of rotatable bonds is 8. The fourth-order valence-corrected chi connectivity index (χ4v) is 2.20. The van der Waals surface area contributed by atoms with Crippen molar-refractivity contribution in [3.8, 4) is 5.75 Å². The van der Waals surface area contributed by atoms with Gasteiger partial charge in [0.15, 0.2) is 0 Å². The number of hydrogen-bond acceptors (Lipinski definition) is 4. The van der Waals surface area contributed by atoms with Crippen molar-refractivity contribution in [3.05, 3.63) is 48.5 Å². The van der Waals surface area contributed by atoms with Crippen LogP contribution in [0.5, 0.6) is 5.75 Å². The van der Waals surface area contributed by atoms with Crippen LogP contribution in [-0.2, 0) is 9.59 Å². The zero-order valence-corrected chi connectivity index (χ0v) is 15.3. The van der Waals surface area contributed by atoms with Crippen LogP contribution < -0.4 is 20.7 Å². The molecule has 138 valence electrons. The van der Waals surface area contributed by atoms with Crippen molar-refractivity contribution in [3.63, 3.8) is 0 Å². The highest BCUT2D eigenvalue weighted by atomic mass is 16.5. The standard InChI is InChI=1S/C20H25N3O3/c1-14(2)13-26-19-7-5-4-6-18(19)23-20(25)12-21-16-8-10-17(11-9-16)22-15(3)24/h4-11,14,21H,12-13H2,1-3H3,(H,22,24)(H,23,25). The van der Waals surface area contributed by atoms with Crippen molar-refractivity contribution in [2.45, 2.75) is 20.8 Å². The van der Waals surface area contributed by atoms with Crippen LogP contribution in [-0.4, -0.2) is 25.0 Å². The molecule has 0 aliphatic heterocycles. The van der Waals surface area contributed by atoms with Gasteiger partial charge >= 0.3 is 0 Å². The van der Waals surface area contributed by atoms with Crippen molar-refractivity contribution >= 4 is 28.9 Å². The molecule has 0 bridgehead atoms. The molecule has 3 N–H and O–H groups in total. The van der Waals surface area contributed by atoms with E-state index >= 15 is 0 Å². The first-order valence-corrected chi connectivity index (χ1v) is 8.57. The minimum Gasteiger partial charge on any atom is -0.491 e. The van der Waals surface area contributed by atoms with Crippen molar-refractivity contribution < 1.29 is 14.3 Å².